The molecule has 1 aromatic rings. The lowest BCUT2D eigenvalue weighted by Gasteiger charge is -2.21. The first-order valence-electron chi connectivity index (χ1n) is 5.30. The molecule has 0 unspecified atom stereocenters. The molecular weight excluding hydrogens is 265 g/mol. The highest BCUT2D eigenvalue weighted by molar-refractivity contribution is 5.97. The second-order valence-electron chi connectivity index (χ2n) is 3.79. The van der Waals surface area contributed by atoms with Crippen LogP contribution in [0.3, 0.4) is 0 Å². The van der Waals surface area contributed by atoms with Crippen molar-refractivity contribution in [3.05, 3.63) is 33.9 Å². The third-order valence-corrected chi connectivity index (χ3v) is 2.56. The molecule has 0 aliphatic rings. The van der Waals surface area contributed by atoms with E-state index >= 15 is 0 Å². The lowest BCUT2D eigenvalue weighted by atomic mass is 10.1. The number of nitro benzene ring substituents is 1. The maximum atomic E-state index is 12.3. The summed E-state index contributed by atoms with van der Waals surface area (Å²) in [7, 11) is 0.982. The molecule has 0 heterocycles. The zero-order valence-corrected chi connectivity index (χ0v) is 10.2. The number of nitro groups is 1. The molecule has 19 heavy (non-hydrogen) atoms. The number of benzene rings is 1. The Balaban J connectivity index is 3.20. The third kappa shape index (κ3) is 3.21. The Hall–Kier alpha value is -2.12. The van der Waals surface area contributed by atoms with Gasteiger partial charge in [-0.3, -0.25) is 14.9 Å². The summed E-state index contributed by atoms with van der Waals surface area (Å²) in [5.41, 5.74) is 0.0817. The number of anilines is 1. The van der Waals surface area contributed by atoms with Crippen LogP contribution in [0.15, 0.2) is 18.2 Å². The predicted octanol–water partition coefficient (Wildman–Crippen LogP) is 2.68. The standard InChI is InChI=1S/C11H11F3N2O3/c1-3-7-6-8(16(18)19)4-5-9(7)15(2)10(17)11(12,13)14/h4-6H,3H2,1-2H3. The van der Waals surface area contributed by atoms with Crippen LogP contribution in [0.2, 0.25) is 0 Å². The number of amides is 1. The molecule has 1 aromatic carbocycles. The van der Waals surface area contributed by atoms with E-state index in [1.165, 1.54) is 0 Å². The molecule has 5 nitrogen and oxygen atoms in total. The molecule has 8 heteroatoms. The minimum Gasteiger partial charge on any atom is -0.307 e. The molecule has 1 rings (SSSR count). The van der Waals surface area contributed by atoms with E-state index in [1.807, 2.05) is 0 Å². The Morgan fingerprint density at radius 1 is 1.42 bits per heavy atom. The zero-order valence-electron chi connectivity index (χ0n) is 10.2. The van der Waals surface area contributed by atoms with Crippen LogP contribution in [0, 0.1) is 10.1 Å². The first kappa shape index (κ1) is 14.9. The Morgan fingerprint density at radius 3 is 2.42 bits per heavy atom. The summed E-state index contributed by atoms with van der Waals surface area (Å²) in [6, 6.07) is 3.37. The van der Waals surface area contributed by atoms with Gasteiger partial charge in [0.1, 0.15) is 0 Å². The largest absolute Gasteiger partial charge is 0.471 e. The Kier molecular flexibility index (Phi) is 4.13. The quantitative estimate of drug-likeness (QED) is 0.629. The normalized spacial score (nSPS) is 11.2. The predicted molar refractivity (Wildman–Crippen MR) is 61.9 cm³/mol. The van der Waals surface area contributed by atoms with Gasteiger partial charge >= 0.3 is 12.1 Å². The van der Waals surface area contributed by atoms with Crippen LogP contribution < -0.4 is 4.90 Å². The molecule has 0 saturated carbocycles. The van der Waals surface area contributed by atoms with Gasteiger partial charge in [0.05, 0.1) is 4.92 Å². The molecule has 0 saturated heterocycles. The van der Waals surface area contributed by atoms with Crippen LogP contribution in [-0.2, 0) is 11.2 Å². The van der Waals surface area contributed by atoms with Crippen molar-refractivity contribution in [2.75, 3.05) is 11.9 Å². The topological polar surface area (TPSA) is 63.5 Å². The van der Waals surface area contributed by atoms with Gasteiger partial charge in [-0.25, -0.2) is 0 Å². The van der Waals surface area contributed by atoms with Gasteiger partial charge in [0.25, 0.3) is 5.69 Å². The first-order valence-corrected chi connectivity index (χ1v) is 5.30. The summed E-state index contributed by atoms with van der Waals surface area (Å²) >= 11 is 0. The molecular formula is C11H11F3N2O3. The number of carbonyl (C=O) groups is 1. The van der Waals surface area contributed by atoms with Crippen LogP contribution in [0.1, 0.15) is 12.5 Å². The SMILES string of the molecule is CCc1cc([N+](=O)[O-])ccc1N(C)C(=O)C(F)(F)F. The van der Waals surface area contributed by atoms with Crippen LogP contribution in [0.5, 0.6) is 0 Å². The van der Waals surface area contributed by atoms with Crippen molar-refractivity contribution in [1.29, 1.82) is 0 Å². The van der Waals surface area contributed by atoms with Gasteiger partial charge in [0.15, 0.2) is 0 Å². The van der Waals surface area contributed by atoms with E-state index in [0.717, 1.165) is 25.2 Å². The summed E-state index contributed by atoms with van der Waals surface area (Å²) in [4.78, 5) is 21.5. The average Bonchev–Trinajstić information content (AvgIpc) is 2.34. The van der Waals surface area contributed by atoms with Crippen LogP contribution >= 0.6 is 0 Å². The Bertz CT molecular complexity index is 514. The highest BCUT2D eigenvalue weighted by Crippen LogP contribution is 2.28. The molecule has 0 aromatic heterocycles. The number of nitrogens with zero attached hydrogens (tertiary/aromatic N) is 2. The van der Waals surface area contributed by atoms with Gasteiger partial charge in [-0.1, -0.05) is 6.92 Å². The summed E-state index contributed by atoms with van der Waals surface area (Å²) in [6.07, 6.45) is -4.71. The number of rotatable bonds is 3. The van der Waals surface area contributed by atoms with Gasteiger partial charge < -0.3 is 4.90 Å². The first-order chi connectivity index (χ1) is 8.68. The molecule has 0 fully saturated rings. The van der Waals surface area contributed by atoms with E-state index in [-0.39, 0.29) is 17.8 Å². The highest BCUT2D eigenvalue weighted by atomic mass is 19.4. The van der Waals surface area contributed by atoms with E-state index in [9.17, 15) is 28.1 Å². The third-order valence-electron chi connectivity index (χ3n) is 2.56. The summed E-state index contributed by atoms with van der Waals surface area (Å²) in [5.74, 6) is -2.02. The van der Waals surface area contributed by atoms with E-state index < -0.39 is 17.0 Å². The van der Waals surface area contributed by atoms with E-state index in [4.69, 9.17) is 0 Å². The minimum absolute atomic E-state index is 0.00965. The van der Waals surface area contributed by atoms with Gasteiger partial charge in [0, 0.05) is 24.9 Å². The number of alkyl halides is 3. The Morgan fingerprint density at radius 2 is 2.00 bits per heavy atom. The van der Waals surface area contributed by atoms with E-state index in [1.54, 1.807) is 6.92 Å². The number of non-ortho nitro benzene ring substituents is 1. The van der Waals surface area contributed by atoms with Crippen LogP contribution in [0.25, 0.3) is 0 Å². The maximum absolute atomic E-state index is 12.3. The second-order valence-corrected chi connectivity index (χ2v) is 3.79. The van der Waals surface area contributed by atoms with E-state index in [0.29, 0.717) is 10.5 Å². The smallest absolute Gasteiger partial charge is 0.307 e. The monoisotopic (exact) mass is 276 g/mol. The van der Waals surface area contributed by atoms with E-state index in [2.05, 4.69) is 0 Å². The lowest BCUT2D eigenvalue weighted by molar-refractivity contribution is -0.384. The Labute approximate surface area is 106 Å². The summed E-state index contributed by atoms with van der Waals surface area (Å²) in [5, 5.41) is 10.6. The van der Waals surface area contributed by atoms with Crippen molar-refractivity contribution in [3.63, 3.8) is 0 Å². The lowest BCUT2D eigenvalue weighted by Crippen LogP contribution is -2.38. The molecule has 0 aliphatic heterocycles. The molecule has 1 amide bonds. The van der Waals surface area contributed by atoms with Crippen molar-refractivity contribution < 1.29 is 22.9 Å². The van der Waals surface area contributed by atoms with Crippen molar-refractivity contribution >= 4 is 17.3 Å². The maximum Gasteiger partial charge on any atom is 0.471 e. The number of hydrogen-bond acceptors (Lipinski definition) is 3. The number of carbonyl (C=O) groups excluding carboxylic acids is 1. The van der Waals surface area contributed by atoms with Crippen molar-refractivity contribution in [1.82, 2.24) is 0 Å². The van der Waals surface area contributed by atoms with Crippen molar-refractivity contribution in [3.8, 4) is 0 Å². The molecule has 104 valence electrons. The summed E-state index contributed by atoms with van der Waals surface area (Å²) in [6.45, 7) is 1.63. The molecule has 0 aliphatic carbocycles. The highest BCUT2D eigenvalue weighted by Gasteiger charge is 2.42. The van der Waals surface area contributed by atoms with Gasteiger partial charge in [-0.2, -0.15) is 13.2 Å². The zero-order chi connectivity index (χ0) is 14.8. The van der Waals surface area contributed by atoms with Crippen molar-refractivity contribution in [2.24, 2.45) is 0 Å². The molecule has 0 atom stereocenters. The van der Waals surface area contributed by atoms with Crippen LogP contribution in [-0.4, -0.2) is 24.1 Å². The number of aryl methyl sites for hydroxylation is 1. The average molecular weight is 276 g/mol. The van der Waals surface area contributed by atoms with Crippen molar-refractivity contribution in [2.45, 2.75) is 19.5 Å². The minimum atomic E-state index is -4.98. The van der Waals surface area contributed by atoms with Gasteiger partial charge in [-0.05, 0) is 18.1 Å². The summed E-state index contributed by atoms with van der Waals surface area (Å²) < 4.78 is 37.0. The van der Waals surface area contributed by atoms with Crippen LogP contribution in [0.4, 0.5) is 24.5 Å². The number of hydrogen-bond donors (Lipinski definition) is 0. The molecule has 0 radical (unpaired) electrons. The molecule has 0 N–H and O–H groups in total. The fourth-order valence-electron chi connectivity index (χ4n) is 1.60. The molecule has 0 bridgehead atoms. The molecule has 0 spiro atoms. The number of halogens is 3. The van der Waals surface area contributed by atoms with Gasteiger partial charge in [-0.15, -0.1) is 0 Å². The second kappa shape index (κ2) is 5.25. The fraction of sp³-hybridized carbons (Fsp3) is 0.364. The van der Waals surface area contributed by atoms with Gasteiger partial charge in [0.2, 0.25) is 0 Å². The fourth-order valence-corrected chi connectivity index (χ4v) is 1.60.